The minimum atomic E-state index is -1.24. The predicted molar refractivity (Wildman–Crippen MR) is 48.7 cm³/mol. The fourth-order valence-electron chi connectivity index (χ4n) is 2.75. The number of alkyl halides is 1. The van der Waals surface area contributed by atoms with E-state index in [1.54, 1.807) is 0 Å². The van der Waals surface area contributed by atoms with Crippen LogP contribution < -0.4 is 5.73 Å². The molecule has 2 aliphatic rings. The van der Waals surface area contributed by atoms with Crippen molar-refractivity contribution in [1.82, 2.24) is 4.90 Å². The maximum Gasteiger partial charge on any atom is 0.407 e. The van der Waals surface area contributed by atoms with Gasteiger partial charge < -0.3 is 15.7 Å². The molecule has 1 aliphatic carbocycles. The first-order valence-corrected chi connectivity index (χ1v) is 4.91. The van der Waals surface area contributed by atoms with Crippen LogP contribution in [0.15, 0.2) is 0 Å². The van der Waals surface area contributed by atoms with E-state index in [4.69, 9.17) is 10.8 Å². The van der Waals surface area contributed by atoms with Gasteiger partial charge in [0.05, 0.1) is 0 Å². The molecule has 2 fully saturated rings. The van der Waals surface area contributed by atoms with Crippen molar-refractivity contribution in [3.8, 4) is 0 Å². The van der Waals surface area contributed by atoms with Crippen molar-refractivity contribution in [1.29, 1.82) is 0 Å². The molecule has 3 atom stereocenters. The van der Waals surface area contributed by atoms with Crippen LogP contribution in [0.3, 0.4) is 0 Å². The quantitative estimate of drug-likeness (QED) is 0.656. The average Bonchev–Trinajstić information content (AvgIpc) is 2.59. The third kappa shape index (κ3) is 1.45. The van der Waals surface area contributed by atoms with Gasteiger partial charge >= 0.3 is 6.09 Å². The summed E-state index contributed by atoms with van der Waals surface area (Å²) in [6.07, 6.45) is -0.0350. The Hall–Kier alpha value is -0.840. The van der Waals surface area contributed by atoms with Crippen LogP contribution in [0.25, 0.3) is 0 Å². The van der Waals surface area contributed by atoms with Crippen molar-refractivity contribution in [3.05, 3.63) is 0 Å². The third-order valence-corrected chi connectivity index (χ3v) is 3.47. The van der Waals surface area contributed by atoms with Crippen LogP contribution in [0.2, 0.25) is 0 Å². The summed E-state index contributed by atoms with van der Waals surface area (Å²) in [7, 11) is 0. The van der Waals surface area contributed by atoms with Crippen molar-refractivity contribution < 1.29 is 14.3 Å². The molecule has 0 radical (unpaired) electrons. The number of carbonyl (C=O) groups is 1. The first kappa shape index (κ1) is 9.71. The summed E-state index contributed by atoms with van der Waals surface area (Å²) in [4.78, 5) is 12.1. The zero-order chi connectivity index (χ0) is 10.3. The minimum absolute atomic E-state index is 0.0626. The number of nitrogens with two attached hydrogens (primary N) is 1. The van der Waals surface area contributed by atoms with Crippen molar-refractivity contribution in [3.63, 3.8) is 0 Å². The molecule has 0 bridgehead atoms. The van der Waals surface area contributed by atoms with E-state index >= 15 is 0 Å². The van der Waals surface area contributed by atoms with E-state index in [2.05, 4.69) is 0 Å². The van der Waals surface area contributed by atoms with Gasteiger partial charge in [0.25, 0.3) is 0 Å². The zero-order valence-electron chi connectivity index (χ0n) is 7.95. The Morgan fingerprint density at radius 2 is 2.00 bits per heavy atom. The van der Waals surface area contributed by atoms with Gasteiger partial charge in [-0.05, 0) is 24.7 Å². The summed E-state index contributed by atoms with van der Waals surface area (Å²) in [6, 6.07) is 0. The molecule has 80 valence electrons. The van der Waals surface area contributed by atoms with Crippen LogP contribution in [0.5, 0.6) is 0 Å². The van der Waals surface area contributed by atoms with Gasteiger partial charge in [-0.1, -0.05) is 0 Å². The predicted octanol–water partition coefficient (Wildman–Crippen LogP) is 0.673. The number of rotatable bonds is 1. The SMILES string of the molecule is NCC1(F)C[C@H]2CN(C(=O)O)C[C@H]2C1. The molecule has 1 saturated heterocycles. The Kier molecular flexibility index (Phi) is 2.14. The lowest BCUT2D eigenvalue weighted by molar-refractivity contribution is 0.135. The highest BCUT2D eigenvalue weighted by atomic mass is 19.1. The standard InChI is InChI=1S/C9H15FN2O2/c10-9(5-11)1-6-3-12(8(13)14)4-7(6)2-9/h6-7H,1-5,11H2,(H,13,14)/t6-,7+,9?. The number of nitrogens with zero attached hydrogens (tertiary/aromatic N) is 1. The smallest absolute Gasteiger partial charge is 0.407 e. The Morgan fingerprint density at radius 1 is 1.50 bits per heavy atom. The second kappa shape index (κ2) is 3.08. The van der Waals surface area contributed by atoms with Crippen LogP contribution in [-0.4, -0.2) is 41.4 Å². The molecule has 14 heavy (non-hydrogen) atoms. The van der Waals surface area contributed by atoms with Gasteiger partial charge in [-0.3, -0.25) is 0 Å². The van der Waals surface area contributed by atoms with Crippen molar-refractivity contribution in [2.45, 2.75) is 18.5 Å². The molecule has 1 amide bonds. The van der Waals surface area contributed by atoms with Gasteiger partial charge in [0.2, 0.25) is 0 Å². The first-order valence-electron chi connectivity index (χ1n) is 4.91. The number of likely N-dealkylation sites (tertiary alicyclic amines) is 1. The van der Waals surface area contributed by atoms with Gasteiger partial charge in [0.1, 0.15) is 5.67 Å². The Balaban J connectivity index is 1.99. The van der Waals surface area contributed by atoms with E-state index in [9.17, 15) is 9.18 Å². The van der Waals surface area contributed by atoms with Crippen molar-refractivity contribution >= 4 is 6.09 Å². The Bertz CT molecular complexity index is 245. The first-order chi connectivity index (χ1) is 6.54. The molecule has 1 saturated carbocycles. The third-order valence-electron chi connectivity index (χ3n) is 3.47. The van der Waals surface area contributed by atoms with Gasteiger partial charge in [0.15, 0.2) is 0 Å². The van der Waals surface area contributed by atoms with E-state index in [0.717, 1.165) is 0 Å². The fourth-order valence-corrected chi connectivity index (χ4v) is 2.75. The summed E-state index contributed by atoms with van der Waals surface area (Å²) in [6.45, 7) is 1.02. The number of amides is 1. The van der Waals surface area contributed by atoms with Crippen LogP contribution in [0.4, 0.5) is 9.18 Å². The summed E-state index contributed by atoms with van der Waals surface area (Å²) < 4.78 is 13.8. The maximum atomic E-state index is 13.8. The molecule has 1 heterocycles. The molecule has 3 N–H and O–H groups in total. The van der Waals surface area contributed by atoms with Crippen molar-refractivity contribution in [2.24, 2.45) is 17.6 Å². The molecule has 5 heteroatoms. The second-order valence-electron chi connectivity index (χ2n) is 4.47. The molecule has 2 rings (SSSR count). The molecular formula is C9H15FN2O2. The van der Waals surface area contributed by atoms with Crippen LogP contribution in [0.1, 0.15) is 12.8 Å². The summed E-state index contributed by atoms with van der Waals surface area (Å²) in [5, 5.41) is 8.76. The van der Waals surface area contributed by atoms with Gasteiger partial charge in [-0.25, -0.2) is 9.18 Å². The van der Waals surface area contributed by atoms with Crippen LogP contribution in [0, 0.1) is 11.8 Å². The highest BCUT2D eigenvalue weighted by Crippen LogP contribution is 2.45. The summed E-state index contributed by atoms with van der Waals surface area (Å²) in [5.74, 6) is 0.360. The van der Waals surface area contributed by atoms with Crippen LogP contribution >= 0.6 is 0 Å². The molecule has 0 aromatic heterocycles. The molecule has 1 unspecified atom stereocenters. The van der Waals surface area contributed by atoms with E-state index in [-0.39, 0.29) is 18.4 Å². The zero-order valence-corrected chi connectivity index (χ0v) is 7.95. The number of halogens is 1. The highest BCUT2D eigenvalue weighted by Gasteiger charge is 2.49. The molecule has 0 aromatic rings. The normalized spacial score (nSPS) is 41.4. The monoisotopic (exact) mass is 202 g/mol. The minimum Gasteiger partial charge on any atom is -0.465 e. The highest BCUT2D eigenvalue weighted by molar-refractivity contribution is 5.65. The number of hydrogen-bond donors (Lipinski definition) is 2. The van der Waals surface area contributed by atoms with Gasteiger partial charge in [-0.15, -0.1) is 0 Å². The van der Waals surface area contributed by atoms with Gasteiger partial charge in [0, 0.05) is 19.6 Å². The van der Waals surface area contributed by atoms with E-state index in [1.165, 1.54) is 4.90 Å². The lowest BCUT2D eigenvalue weighted by atomic mass is 10.0. The van der Waals surface area contributed by atoms with Gasteiger partial charge in [-0.2, -0.15) is 0 Å². The maximum absolute atomic E-state index is 13.8. The molecule has 0 spiro atoms. The van der Waals surface area contributed by atoms with E-state index in [0.29, 0.717) is 25.9 Å². The molecule has 4 nitrogen and oxygen atoms in total. The largest absolute Gasteiger partial charge is 0.465 e. The summed E-state index contributed by atoms with van der Waals surface area (Å²) in [5.41, 5.74) is 4.12. The topological polar surface area (TPSA) is 66.6 Å². The molecule has 0 aromatic carbocycles. The van der Waals surface area contributed by atoms with Crippen LogP contribution in [-0.2, 0) is 0 Å². The second-order valence-corrected chi connectivity index (χ2v) is 4.47. The molecular weight excluding hydrogens is 187 g/mol. The Labute approximate surface area is 81.9 Å². The number of hydrogen-bond acceptors (Lipinski definition) is 2. The number of fused-ring (bicyclic) bond motifs is 1. The Morgan fingerprint density at radius 3 is 2.36 bits per heavy atom. The van der Waals surface area contributed by atoms with E-state index in [1.807, 2.05) is 0 Å². The number of carboxylic acid groups (broad SMARTS) is 1. The average molecular weight is 202 g/mol. The van der Waals surface area contributed by atoms with E-state index < -0.39 is 11.8 Å². The fraction of sp³-hybridized carbons (Fsp3) is 0.889. The summed E-state index contributed by atoms with van der Waals surface area (Å²) >= 11 is 0. The lowest BCUT2D eigenvalue weighted by Gasteiger charge is -2.20. The lowest BCUT2D eigenvalue weighted by Crippen LogP contribution is -2.34. The van der Waals surface area contributed by atoms with Crippen molar-refractivity contribution in [2.75, 3.05) is 19.6 Å². The molecule has 1 aliphatic heterocycles.